The number of nitrogens with one attached hydrogen (secondary N) is 2. The monoisotopic (exact) mass is 450 g/mol. The van der Waals surface area contributed by atoms with Crippen LogP contribution in [0.15, 0.2) is 4.99 Å². The summed E-state index contributed by atoms with van der Waals surface area (Å²) in [6.07, 6.45) is 7.97. The number of rotatable bonds is 7. The van der Waals surface area contributed by atoms with Gasteiger partial charge in [-0.1, -0.05) is 26.7 Å². The molecule has 0 aromatic carbocycles. The largest absolute Gasteiger partial charge is 0.356 e. The molecular formula is C18H35IN4O. The summed E-state index contributed by atoms with van der Waals surface area (Å²) in [5.74, 6) is 2.41. The molecule has 0 unspecified atom stereocenters. The van der Waals surface area contributed by atoms with E-state index in [0.717, 1.165) is 57.2 Å². The number of carbonyl (C=O) groups excluding carboxylic acids is 1. The maximum atomic E-state index is 12.4. The second kappa shape index (κ2) is 11.2. The highest BCUT2D eigenvalue weighted by Gasteiger charge is 2.27. The fourth-order valence-electron chi connectivity index (χ4n) is 3.33. The summed E-state index contributed by atoms with van der Waals surface area (Å²) < 4.78 is 0. The molecule has 0 atom stereocenters. The summed E-state index contributed by atoms with van der Waals surface area (Å²) in [6.45, 7) is 6.96. The van der Waals surface area contributed by atoms with Crippen LogP contribution in [0.3, 0.4) is 0 Å². The fourth-order valence-corrected chi connectivity index (χ4v) is 3.33. The summed E-state index contributed by atoms with van der Waals surface area (Å²) >= 11 is 0. The van der Waals surface area contributed by atoms with E-state index in [1.165, 1.54) is 19.3 Å². The van der Waals surface area contributed by atoms with E-state index in [1.807, 2.05) is 7.05 Å². The lowest BCUT2D eigenvalue weighted by Gasteiger charge is -2.34. The van der Waals surface area contributed by atoms with E-state index < -0.39 is 0 Å². The van der Waals surface area contributed by atoms with Crippen LogP contribution in [-0.2, 0) is 4.79 Å². The highest BCUT2D eigenvalue weighted by molar-refractivity contribution is 14.0. The molecule has 0 spiro atoms. The van der Waals surface area contributed by atoms with Crippen LogP contribution in [0.1, 0.15) is 58.8 Å². The molecule has 0 bridgehead atoms. The summed E-state index contributed by atoms with van der Waals surface area (Å²) in [7, 11) is 1.83. The van der Waals surface area contributed by atoms with Crippen molar-refractivity contribution in [2.45, 2.75) is 64.8 Å². The Kier molecular flexibility index (Phi) is 10.0. The topological polar surface area (TPSA) is 56.7 Å². The maximum Gasteiger partial charge on any atom is 0.225 e. The Balaban J connectivity index is 0.00000288. The minimum absolute atomic E-state index is 0. The van der Waals surface area contributed by atoms with Crippen molar-refractivity contribution in [2.24, 2.45) is 16.8 Å². The van der Waals surface area contributed by atoms with Crippen molar-refractivity contribution in [3.05, 3.63) is 0 Å². The molecule has 2 aliphatic rings. The predicted octanol–water partition coefficient (Wildman–Crippen LogP) is 3.00. The Hall–Kier alpha value is -0.530. The molecule has 0 aromatic heterocycles. The molecule has 0 radical (unpaired) electrons. The van der Waals surface area contributed by atoms with E-state index in [2.05, 4.69) is 34.4 Å². The first-order valence-corrected chi connectivity index (χ1v) is 9.43. The lowest BCUT2D eigenvalue weighted by molar-refractivity contribution is -0.136. The first kappa shape index (κ1) is 21.5. The standard InChI is InChI=1S/C18H34N4O.HI/c1-4-15(5-2)17(23)22-12-9-16(10-13-22)21-18(19-3)20-11-8-14-6-7-14;/h14-16H,4-13H2,1-3H3,(H2,19,20,21);1H. The van der Waals surface area contributed by atoms with E-state index in [1.54, 1.807) is 0 Å². The molecule has 140 valence electrons. The van der Waals surface area contributed by atoms with Gasteiger partial charge in [0.25, 0.3) is 0 Å². The number of hydrogen-bond acceptors (Lipinski definition) is 2. The summed E-state index contributed by atoms with van der Waals surface area (Å²) in [5, 5.41) is 6.93. The molecule has 6 heteroatoms. The fraction of sp³-hybridized carbons (Fsp3) is 0.889. The quantitative estimate of drug-likeness (QED) is 0.356. The van der Waals surface area contributed by atoms with Gasteiger partial charge in [0.15, 0.2) is 5.96 Å². The van der Waals surface area contributed by atoms with Gasteiger partial charge in [0.2, 0.25) is 5.91 Å². The molecule has 2 N–H and O–H groups in total. The van der Waals surface area contributed by atoms with Crippen molar-refractivity contribution in [3.8, 4) is 0 Å². The van der Waals surface area contributed by atoms with Gasteiger partial charge in [-0.3, -0.25) is 9.79 Å². The second-order valence-corrected chi connectivity index (χ2v) is 6.99. The van der Waals surface area contributed by atoms with Gasteiger partial charge in [-0.25, -0.2) is 0 Å². The van der Waals surface area contributed by atoms with Crippen molar-refractivity contribution < 1.29 is 4.79 Å². The van der Waals surface area contributed by atoms with Gasteiger partial charge in [-0.2, -0.15) is 0 Å². The maximum absolute atomic E-state index is 12.4. The van der Waals surface area contributed by atoms with Gasteiger partial charge in [0, 0.05) is 38.6 Å². The number of aliphatic imine (C=N–C) groups is 1. The third kappa shape index (κ3) is 6.76. The smallest absolute Gasteiger partial charge is 0.225 e. The molecule has 1 heterocycles. The van der Waals surface area contributed by atoms with Gasteiger partial charge >= 0.3 is 0 Å². The Morgan fingerprint density at radius 1 is 1.17 bits per heavy atom. The van der Waals surface area contributed by atoms with Crippen LogP contribution in [-0.4, -0.2) is 49.5 Å². The molecular weight excluding hydrogens is 415 g/mol. The third-order valence-electron chi connectivity index (χ3n) is 5.25. The van der Waals surface area contributed by atoms with Crippen LogP contribution in [0.2, 0.25) is 0 Å². The first-order chi connectivity index (χ1) is 11.2. The number of likely N-dealkylation sites (tertiary alicyclic amines) is 1. The van der Waals surface area contributed by atoms with E-state index in [0.29, 0.717) is 11.9 Å². The lowest BCUT2D eigenvalue weighted by Crippen LogP contribution is -2.50. The average molecular weight is 450 g/mol. The molecule has 2 rings (SSSR count). The van der Waals surface area contributed by atoms with Crippen molar-refractivity contribution >= 4 is 35.8 Å². The SMILES string of the molecule is CCC(CC)C(=O)N1CCC(NC(=NC)NCCC2CC2)CC1.I. The predicted molar refractivity (Wildman–Crippen MR) is 111 cm³/mol. The summed E-state index contributed by atoms with van der Waals surface area (Å²) in [5.41, 5.74) is 0. The highest BCUT2D eigenvalue weighted by Crippen LogP contribution is 2.31. The Morgan fingerprint density at radius 2 is 1.79 bits per heavy atom. The van der Waals surface area contributed by atoms with Crippen LogP contribution in [0.25, 0.3) is 0 Å². The van der Waals surface area contributed by atoms with Crippen molar-refractivity contribution in [3.63, 3.8) is 0 Å². The van der Waals surface area contributed by atoms with Crippen molar-refractivity contribution in [1.82, 2.24) is 15.5 Å². The van der Waals surface area contributed by atoms with Gasteiger partial charge < -0.3 is 15.5 Å². The molecule has 1 amide bonds. The Morgan fingerprint density at radius 3 is 2.29 bits per heavy atom. The highest BCUT2D eigenvalue weighted by atomic mass is 127. The number of piperidine rings is 1. The molecule has 2 fully saturated rings. The van der Waals surface area contributed by atoms with E-state index in [4.69, 9.17) is 0 Å². The molecule has 0 aromatic rings. The van der Waals surface area contributed by atoms with Crippen LogP contribution < -0.4 is 10.6 Å². The summed E-state index contributed by atoms with van der Waals surface area (Å²) in [6, 6.07) is 0.424. The van der Waals surface area contributed by atoms with Gasteiger partial charge in [0.05, 0.1) is 0 Å². The molecule has 1 aliphatic carbocycles. The van der Waals surface area contributed by atoms with Crippen molar-refractivity contribution in [1.29, 1.82) is 0 Å². The van der Waals surface area contributed by atoms with E-state index in [-0.39, 0.29) is 29.9 Å². The van der Waals surface area contributed by atoms with Gasteiger partial charge in [-0.15, -0.1) is 24.0 Å². The van der Waals surface area contributed by atoms with Crippen LogP contribution in [0.5, 0.6) is 0 Å². The molecule has 24 heavy (non-hydrogen) atoms. The lowest BCUT2D eigenvalue weighted by atomic mass is 9.98. The number of guanidine groups is 1. The van der Waals surface area contributed by atoms with Crippen LogP contribution in [0.4, 0.5) is 0 Å². The molecule has 1 aliphatic heterocycles. The first-order valence-electron chi connectivity index (χ1n) is 9.43. The normalized spacial score (nSPS) is 19.2. The average Bonchev–Trinajstić information content (AvgIpc) is 3.40. The molecule has 1 saturated carbocycles. The Labute approximate surface area is 164 Å². The minimum Gasteiger partial charge on any atom is -0.356 e. The molecule has 5 nitrogen and oxygen atoms in total. The van der Waals surface area contributed by atoms with Crippen LogP contribution in [0, 0.1) is 11.8 Å². The zero-order chi connectivity index (χ0) is 16.7. The van der Waals surface area contributed by atoms with Crippen molar-refractivity contribution in [2.75, 3.05) is 26.7 Å². The number of halogens is 1. The molecule has 1 saturated heterocycles. The Bertz CT molecular complexity index is 400. The number of amides is 1. The number of carbonyl (C=O) groups is 1. The minimum atomic E-state index is 0. The second-order valence-electron chi connectivity index (χ2n) is 6.99. The third-order valence-corrected chi connectivity index (χ3v) is 5.25. The van der Waals surface area contributed by atoms with Crippen LogP contribution >= 0.6 is 24.0 Å². The zero-order valence-electron chi connectivity index (χ0n) is 15.5. The van der Waals surface area contributed by atoms with E-state index in [9.17, 15) is 4.79 Å². The zero-order valence-corrected chi connectivity index (χ0v) is 17.8. The summed E-state index contributed by atoms with van der Waals surface area (Å²) in [4.78, 5) is 18.8. The van der Waals surface area contributed by atoms with Gasteiger partial charge in [-0.05, 0) is 38.0 Å². The van der Waals surface area contributed by atoms with E-state index >= 15 is 0 Å². The number of hydrogen-bond donors (Lipinski definition) is 2. The number of nitrogens with zero attached hydrogens (tertiary/aromatic N) is 2. The van der Waals surface area contributed by atoms with Gasteiger partial charge in [0.1, 0.15) is 0 Å².